The first-order chi connectivity index (χ1) is 14.0. The average molecular weight is 394 g/mol. The Kier molecular flexibility index (Phi) is 6.81. The summed E-state index contributed by atoms with van der Waals surface area (Å²) in [6.45, 7) is 5.01. The molecule has 0 radical (unpaired) electrons. The lowest BCUT2D eigenvalue weighted by molar-refractivity contribution is -0.137. The van der Waals surface area contributed by atoms with Crippen LogP contribution in [0.25, 0.3) is 10.9 Å². The number of rotatable bonds is 10. The number of carboxylic acids is 1. The summed E-state index contributed by atoms with van der Waals surface area (Å²) < 4.78 is 2.17. The second-order valence-corrected chi connectivity index (χ2v) is 7.70. The Hall–Kier alpha value is -2.95. The first-order valence-corrected chi connectivity index (χ1v) is 10.3. The Morgan fingerprint density at radius 2 is 1.86 bits per heavy atom. The zero-order valence-electron chi connectivity index (χ0n) is 17.5. The van der Waals surface area contributed by atoms with Crippen LogP contribution in [0.3, 0.4) is 0 Å². The van der Waals surface area contributed by atoms with Crippen molar-refractivity contribution in [1.82, 2.24) is 4.57 Å². The summed E-state index contributed by atoms with van der Waals surface area (Å²) in [7, 11) is 2.08. The smallest absolute Gasteiger partial charge is 0.303 e. The maximum atomic E-state index is 11.0. The van der Waals surface area contributed by atoms with Crippen molar-refractivity contribution in [2.45, 2.75) is 52.1 Å². The molecule has 154 valence electrons. The summed E-state index contributed by atoms with van der Waals surface area (Å²) in [5.41, 5.74) is 5.85. The van der Waals surface area contributed by atoms with E-state index in [9.17, 15) is 4.79 Å². The van der Waals surface area contributed by atoms with Crippen molar-refractivity contribution in [3.8, 4) is 0 Å². The van der Waals surface area contributed by atoms with Gasteiger partial charge in [0.15, 0.2) is 0 Å². The van der Waals surface area contributed by atoms with Crippen LogP contribution in [0.5, 0.6) is 0 Å². The van der Waals surface area contributed by atoms with Crippen molar-refractivity contribution in [2.24, 2.45) is 7.05 Å². The molecular formula is C24H31N3O2. The zero-order chi connectivity index (χ0) is 20.8. The number of benzene rings is 2. The molecule has 3 rings (SSSR count). The number of anilines is 2. The van der Waals surface area contributed by atoms with Gasteiger partial charge in [-0.3, -0.25) is 4.79 Å². The summed E-state index contributed by atoms with van der Waals surface area (Å²) in [5.74, 6) is -0.745. The number of aromatic nitrogens is 1. The van der Waals surface area contributed by atoms with Gasteiger partial charge in [0, 0.05) is 43.2 Å². The number of nitrogens with one attached hydrogen (secondary N) is 2. The number of aliphatic carboxylic acids is 1. The van der Waals surface area contributed by atoms with Crippen LogP contribution in [-0.2, 0) is 18.4 Å². The van der Waals surface area contributed by atoms with Gasteiger partial charge in [-0.25, -0.2) is 0 Å². The zero-order valence-corrected chi connectivity index (χ0v) is 17.5. The predicted octanol–water partition coefficient (Wildman–Crippen LogP) is 5.54. The summed E-state index contributed by atoms with van der Waals surface area (Å²) >= 11 is 0. The molecule has 3 aromatic rings. The fraction of sp³-hybridized carbons (Fsp3) is 0.375. The lowest BCUT2D eigenvalue weighted by Gasteiger charge is -2.21. The molecule has 0 saturated heterocycles. The lowest BCUT2D eigenvalue weighted by atomic mass is 10.1. The average Bonchev–Trinajstić information content (AvgIpc) is 3.02. The number of hydrogen-bond acceptors (Lipinski definition) is 3. The van der Waals surface area contributed by atoms with E-state index >= 15 is 0 Å². The van der Waals surface area contributed by atoms with Gasteiger partial charge in [0.2, 0.25) is 0 Å². The van der Waals surface area contributed by atoms with E-state index in [-0.39, 0.29) is 12.5 Å². The Morgan fingerprint density at radius 3 is 2.59 bits per heavy atom. The molecule has 0 fully saturated rings. The van der Waals surface area contributed by atoms with Gasteiger partial charge in [-0.05, 0) is 49.1 Å². The van der Waals surface area contributed by atoms with E-state index in [0.717, 1.165) is 30.8 Å². The molecule has 0 bridgehead atoms. The Bertz CT molecular complexity index is 977. The molecule has 0 aliphatic carbocycles. The largest absolute Gasteiger partial charge is 0.481 e. The lowest BCUT2D eigenvalue weighted by Crippen LogP contribution is -2.21. The van der Waals surface area contributed by atoms with Crippen molar-refractivity contribution in [1.29, 1.82) is 0 Å². The summed E-state index contributed by atoms with van der Waals surface area (Å²) in [4.78, 5) is 11.0. The van der Waals surface area contributed by atoms with Crippen molar-refractivity contribution in [2.75, 3.05) is 10.6 Å². The molecule has 3 N–H and O–H groups in total. The summed E-state index contributed by atoms with van der Waals surface area (Å²) in [5, 5.41) is 17.5. The van der Waals surface area contributed by atoms with Crippen LogP contribution in [0.15, 0.2) is 48.7 Å². The molecule has 1 aromatic heterocycles. The number of aryl methyl sites for hydroxylation is 2. The third-order valence-corrected chi connectivity index (χ3v) is 5.40. The number of hydrogen-bond donors (Lipinski definition) is 3. The minimum atomic E-state index is -0.745. The van der Waals surface area contributed by atoms with Gasteiger partial charge in [-0.1, -0.05) is 37.6 Å². The van der Waals surface area contributed by atoms with Crippen molar-refractivity contribution in [3.05, 3.63) is 59.8 Å². The fourth-order valence-corrected chi connectivity index (χ4v) is 3.97. The molecule has 0 aliphatic heterocycles. The minimum absolute atomic E-state index is 0.152. The number of carboxylic acid groups (broad SMARTS) is 1. The molecule has 1 heterocycles. The number of nitrogens with zero attached hydrogens (tertiary/aromatic N) is 1. The van der Waals surface area contributed by atoms with Gasteiger partial charge < -0.3 is 20.3 Å². The van der Waals surface area contributed by atoms with Crippen molar-refractivity contribution in [3.63, 3.8) is 0 Å². The van der Waals surface area contributed by atoms with E-state index in [0.29, 0.717) is 6.42 Å². The monoisotopic (exact) mass is 393 g/mol. The molecule has 0 aliphatic rings. The van der Waals surface area contributed by atoms with Gasteiger partial charge in [0.25, 0.3) is 0 Å². The highest BCUT2D eigenvalue weighted by atomic mass is 16.4. The van der Waals surface area contributed by atoms with E-state index in [4.69, 9.17) is 5.11 Å². The van der Waals surface area contributed by atoms with Gasteiger partial charge in [0.1, 0.15) is 0 Å². The molecule has 29 heavy (non-hydrogen) atoms. The van der Waals surface area contributed by atoms with Crippen LogP contribution >= 0.6 is 0 Å². The van der Waals surface area contributed by atoms with Gasteiger partial charge in [0.05, 0.1) is 11.4 Å². The molecule has 0 saturated carbocycles. The number of fused-ring (bicyclic) bond motifs is 1. The Balaban J connectivity index is 1.77. The topological polar surface area (TPSA) is 66.3 Å². The highest BCUT2D eigenvalue weighted by Gasteiger charge is 2.13. The first-order valence-electron chi connectivity index (χ1n) is 10.3. The van der Waals surface area contributed by atoms with Crippen LogP contribution in [0, 0.1) is 6.92 Å². The highest BCUT2D eigenvalue weighted by Crippen LogP contribution is 2.28. The molecule has 1 unspecified atom stereocenters. The van der Waals surface area contributed by atoms with Crippen LogP contribution in [0.1, 0.15) is 43.7 Å². The van der Waals surface area contributed by atoms with Crippen LogP contribution in [0.4, 0.5) is 11.4 Å². The molecule has 0 spiro atoms. The van der Waals surface area contributed by atoms with Crippen molar-refractivity contribution < 1.29 is 9.90 Å². The standard InChI is InChI=1S/C24H31N3O2/c1-4-8-19(13-14-23(28)29)26-21-11-6-5-10-20(21)25-15-18-16-27(3)22-12-7-9-17(2)24(18)22/h5-7,9-12,16,19,25-26H,4,8,13-15H2,1-3H3,(H,28,29). The van der Waals surface area contributed by atoms with Crippen LogP contribution < -0.4 is 10.6 Å². The van der Waals surface area contributed by atoms with E-state index < -0.39 is 5.97 Å². The minimum Gasteiger partial charge on any atom is -0.481 e. The molecular weight excluding hydrogens is 362 g/mol. The number of carbonyl (C=O) groups is 1. The Morgan fingerprint density at radius 1 is 1.10 bits per heavy atom. The van der Waals surface area contributed by atoms with Crippen LogP contribution in [0.2, 0.25) is 0 Å². The quantitative estimate of drug-likeness (QED) is 0.423. The Labute approximate surface area is 172 Å². The maximum Gasteiger partial charge on any atom is 0.303 e. The van der Waals surface area contributed by atoms with E-state index in [1.807, 2.05) is 12.1 Å². The summed E-state index contributed by atoms with van der Waals surface area (Å²) in [6, 6.07) is 14.7. The summed E-state index contributed by atoms with van der Waals surface area (Å²) in [6.07, 6.45) is 4.96. The third kappa shape index (κ3) is 5.11. The molecule has 0 amide bonds. The highest BCUT2D eigenvalue weighted by molar-refractivity contribution is 5.87. The van der Waals surface area contributed by atoms with Crippen LogP contribution in [-0.4, -0.2) is 21.7 Å². The second-order valence-electron chi connectivity index (χ2n) is 7.70. The maximum absolute atomic E-state index is 11.0. The first kappa shape index (κ1) is 20.8. The van der Waals surface area contributed by atoms with E-state index in [2.05, 4.69) is 72.6 Å². The van der Waals surface area contributed by atoms with Gasteiger partial charge in [-0.15, -0.1) is 0 Å². The fourth-order valence-electron chi connectivity index (χ4n) is 3.97. The number of para-hydroxylation sites is 2. The molecule has 5 heteroatoms. The second kappa shape index (κ2) is 9.50. The third-order valence-electron chi connectivity index (χ3n) is 5.40. The molecule has 1 atom stereocenters. The van der Waals surface area contributed by atoms with Gasteiger partial charge >= 0.3 is 5.97 Å². The van der Waals surface area contributed by atoms with Crippen molar-refractivity contribution >= 4 is 28.2 Å². The SMILES string of the molecule is CCCC(CCC(=O)O)Nc1ccccc1NCc1cn(C)c2cccc(C)c12. The molecule has 2 aromatic carbocycles. The molecule has 5 nitrogen and oxygen atoms in total. The predicted molar refractivity (Wildman–Crippen MR) is 121 cm³/mol. The normalized spacial score (nSPS) is 12.1. The van der Waals surface area contributed by atoms with E-state index in [1.54, 1.807) is 0 Å². The van der Waals surface area contributed by atoms with E-state index in [1.165, 1.54) is 22.0 Å². The van der Waals surface area contributed by atoms with Gasteiger partial charge in [-0.2, -0.15) is 0 Å².